The largest absolute Gasteiger partial charge is 0.378 e. The van der Waals surface area contributed by atoms with Gasteiger partial charge in [0.15, 0.2) is 0 Å². The number of nitrogens with two attached hydrogens (primary N) is 1. The maximum absolute atomic E-state index is 5.48. The summed E-state index contributed by atoms with van der Waals surface area (Å²) in [4.78, 5) is 17.4. The van der Waals surface area contributed by atoms with Crippen LogP contribution in [0, 0.1) is 0 Å². The van der Waals surface area contributed by atoms with Crippen LogP contribution in [0.4, 0.5) is 17.8 Å². The van der Waals surface area contributed by atoms with E-state index in [1.807, 2.05) is 18.2 Å². The van der Waals surface area contributed by atoms with Gasteiger partial charge >= 0.3 is 0 Å². The Bertz CT molecular complexity index is 687. The Balaban J connectivity index is 1.84. The third-order valence-corrected chi connectivity index (χ3v) is 3.36. The molecule has 2 rings (SSSR count). The molecule has 0 aliphatic heterocycles. The van der Waals surface area contributed by atoms with Crippen LogP contribution in [0.3, 0.4) is 0 Å². The summed E-state index contributed by atoms with van der Waals surface area (Å²) in [7, 11) is 0. The van der Waals surface area contributed by atoms with Crippen LogP contribution in [-0.2, 0) is 16.0 Å². The lowest BCUT2D eigenvalue weighted by Gasteiger charge is -2.11. The molecule has 0 aliphatic carbocycles. The number of rotatable bonds is 15. The van der Waals surface area contributed by atoms with Crippen molar-refractivity contribution in [2.45, 2.75) is 6.54 Å². The van der Waals surface area contributed by atoms with E-state index < -0.39 is 0 Å². The second-order valence-electron chi connectivity index (χ2n) is 5.59. The summed E-state index contributed by atoms with van der Waals surface area (Å²) in [6.07, 6.45) is 3.48. The number of hydrogen-bond acceptors (Lipinski definition) is 10. The standard InChI is InChI=1S/C18H28N8O2/c1-2-7-21-16-24-17(22-9-11-28-13-12-27-10-6-19)26-18(25-16)23-14-15-5-3-4-8-20-15/h2-5,8H,1,6-7,9-14,19H2,(H3,21,22,23,24,25,26). The van der Waals surface area contributed by atoms with Crippen LogP contribution in [-0.4, -0.2) is 66.0 Å². The zero-order chi connectivity index (χ0) is 19.9. The molecule has 2 heterocycles. The molecule has 152 valence electrons. The molecule has 0 aliphatic rings. The van der Waals surface area contributed by atoms with E-state index in [1.165, 1.54) is 0 Å². The number of nitrogens with one attached hydrogen (secondary N) is 3. The van der Waals surface area contributed by atoms with Gasteiger partial charge < -0.3 is 31.2 Å². The van der Waals surface area contributed by atoms with Crippen LogP contribution in [0.2, 0.25) is 0 Å². The average molecular weight is 388 g/mol. The van der Waals surface area contributed by atoms with Crippen molar-refractivity contribution in [3.63, 3.8) is 0 Å². The van der Waals surface area contributed by atoms with E-state index in [9.17, 15) is 0 Å². The molecular formula is C18H28N8O2. The Morgan fingerprint density at radius 1 is 0.929 bits per heavy atom. The molecule has 10 nitrogen and oxygen atoms in total. The normalized spacial score (nSPS) is 10.5. The number of hydrogen-bond donors (Lipinski definition) is 4. The van der Waals surface area contributed by atoms with Crippen molar-refractivity contribution in [2.24, 2.45) is 5.73 Å². The number of pyridine rings is 1. The first kappa shape index (κ1) is 21.5. The monoisotopic (exact) mass is 388 g/mol. The van der Waals surface area contributed by atoms with Gasteiger partial charge in [-0.25, -0.2) is 0 Å². The van der Waals surface area contributed by atoms with E-state index in [0.29, 0.717) is 70.5 Å². The van der Waals surface area contributed by atoms with Crippen molar-refractivity contribution in [3.05, 3.63) is 42.7 Å². The molecule has 0 saturated carbocycles. The molecule has 0 amide bonds. The molecule has 0 fully saturated rings. The van der Waals surface area contributed by atoms with Gasteiger partial charge in [0, 0.05) is 25.8 Å². The lowest BCUT2D eigenvalue weighted by atomic mass is 10.3. The van der Waals surface area contributed by atoms with Gasteiger partial charge in [0.1, 0.15) is 0 Å². The van der Waals surface area contributed by atoms with Crippen LogP contribution in [0.15, 0.2) is 37.1 Å². The summed E-state index contributed by atoms with van der Waals surface area (Å²) >= 11 is 0. The molecule has 0 spiro atoms. The first-order valence-electron chi connectivity index (χ1n) is 9.16. The molecule has 28 heavy (non-hydrogen) atoms. The number of aromatic nitrogens is 4. The van der Waals surface area contributed by atoms with Gasteiger partial charge in [-0.2, -0.15) is 15.0 Å². The SMILES string of the molecule is C=CCNc1nc(NCCOCCOCCN)nc(NCc2ccccn2)n1. The number of nitrogens with zero attached hydrogens (tertiary/aromatic N) is 4. The molecule has 0 atom stereocenters. The third kappa shape index (κ3) is 8.71. The van der Waals surface area contributed by atoms with Crippen LogP contribution in [0.1, 0.15) is 5.69 Å². The van der Waals surface area contributed by atoms with Gasteiger partial charge in [-0.05, 0) is 12.1 Å². The van der Waals surface area contributed by atoms with Crippen molar-refractivity contribution >= 4 is 17.8 Å². The quantitative estimate of drug-likeness (QED) is 0.257. The fourth-order valence-electron chi connectivity index (χ4n) is 2.09. The molecule has 10 heteroatoms. The molecule has 0 bridgehead atoms. The second-order valence-corrected chi connectivity index (χ2v) is 5.59. The Labute approximate surface area is 165 Å². The molecule has 0 unspecified atom stereocenters. The zero-order valence-electron chi connectivity index (χ0n) is 15.9. The van der Waals surface area contributed by atoms with Crippen LogP contribution < -0.4 is 21.7 Å². The lowest BCUT2D eigenvalue weighted by molar-refractivity contribution is 0.0547. The van der Waals surface area contributed by atoms with E-state index in [4.69, 9.17) is 15.2 Å². The summed E-state index contributed by atoms with van der Waals surface area (Å²) in [6, 6.07) is 5.74. The third-order valence-electron chi connectivity index (χ3n) is 3.36. The predicted octanol–water partition coefficient (Wildman–Crippen LogP) is 0.880. The summed E-state index contributed by atoms with van der Waals surface area (Å²) < 4.78 is 10.7. The molecule has 2 aromatic rings. The van der Waals surface area contributed by atoms with E-state index in [2.05, 4.69) is 42.5 Å². The van der Waals surface area contributed by atoms with E-state index in [1.54, 1.807) is 12.3 Å². The smallest absolute Gasteiger partial charge is 0.229 e. The molecular weight excluding hydrogens is 360 g/mol. The summed E-state index contributed by atoms with van der Waals surface area (Å²) in [5, 5.41) is 9.36. The maximum atomic E-state index is 5.48. The van der Waals surface area contributed by atoms with Crippen molar-refractivity contribution < 1.29 is 9.47 Å². The Morgan fingerprint density at radius 2 is 1.64 bits per heavy atom. The summed E-state index contributed by atoms with van der Waals surface area (Å²) in [6.45, 7) is 7.91. The van der Waals surface area contributed by atoms with E-state index in [-0.39, 0.29) is 0 Å². The van der Waals surface area contributed by atoms with Gasteiger partial charge in [-0.3, -0.25) is 4.98 Å². The van der Waals surface area contributed by atoms with Gasteiger partial charge in [-0.1, -0.05) is 12.1 Å². The van der Waals surface area contributed by atoms with Crippen molar-refractivity contribution in [1.82, 2.24) is 19.9 Å². The summed E-state index contributed by atoms with van der Waals surface area (Å²) in [5.41, 5.74) is 6.24. The Morgan fingerprint density at radius 3 is 2.32 bits per heavy atom. The molecule has 0 aromatic carbocycles. The van der Waals surface area contributed by atoms with E-state index in [0.717, 1.165) is 5.69 Å². The van der Waals surface area contributed by atoms with E-state index >= 15 is 0 Å². The second kappa shape index (κ2) is 13.4. The minimum absolute atomic E-state index is 0.450. The molecule has 0 radical (unpaired) electrons. The fourth-order valence-corrected chi connectivity index (χ4v) is 2.09. The maximum Gasteiger partial charge on any atom is 0.229 e. The minimum atomic E-state index is 0.450. The molecule has 0 saturated heterocycles. The Kier molecular flexibility index (Phi) is 10.3. The van der Waals surface area contributed by atoms with Crippen molar-refractivity contribution in [3.8, 4) is 0 Å². The average Bonchev–Trinajstić information content (AvgIpc) is 2.73. The first-order chi connectivity index (χ1) is 13.8. The first-order valence-corrected chi connectivity index (χ1v) is 9.16. The lowest BCUT2D eigenvalue weighted by Crippen LogP contribution is -2.17. The number of ether oxygens (including phenoxy) is 2. The fraction of sp³-hybridized carbons (Fsp3) is 0.444. The van der Waals surface area contributed by atoms with Gasteiger partial charge in [0.2, 0.25) is 17.8 Å². The highest BCUT2D eigenvalue weighted by molar-refractivity contribution is 5.42. The highest BCUT2D eigenvalue weighted by Crippen LogP contribution is 2.10. The Hall–Kier alpha value is -2.82. The van der Waals surface area contributed by atoms with Crippen molar-refractivity contribution in [2.75, 3.05) is 62.0 Å². The predicted molar refractivity (Wildman–Crippen MR) is 109 cm³/mol. The van der Waals surface area contributed by atoms with Crippen LogP contribution in [0.25, 0.3) is 0 Å². The van der Waals surface area contributed by atoms with Crippen molar-refractivity contribution in [1.29, 1.82) is 0 Å². The summed E-state index contributed by atoms with van der Waals surface area (Å²) in [5.74, 6) is 1.36. The topological polar surface area (TPSA) is 132 Å². The molecule has 5 N–H and O–H groups in total. The highest BCUT2D eigenvalue weighted by atomic mass is 16.5. The zero-order valence-corrected chi connectivity index (χ0v) is 15.9. The van der Waals surface area contributed by atoms with Gasteiger partial charge in [0.05, 0.1) is 38.7 Å². The molecule has 2 aromatic heterocycles. The highest BCUT2D eigenvalue weighted by Gasteiger charge is 2.06. The minimum Gasteiger partial charge on any atom is -0.378 e. The number of anilines is 3. The van der Waals surface area contributed by atoms with Crippen LogP contribution in [0.5, 0.6) is 0 Å². The van der Waals surface area contributed by atoms with Crippen LogP contribution >= 0.6 is 0 Å². The van der Waals surface area contributed by atoms with Gasteiger partial charge in [0.25, 0.3) is 0 Å². The van der Waals surface area contributed by atoms with Gasteiger partial charge in [-0.15, -0.1) is 6.58 Å².